The number of sulfone groups is 1. The highest BCUT2D eigenvalue weighted by atomic mass is 32.2. The number of aromatic carboxylic acids is 1. The molecule has 160 valence electrons. The molecule has 2 atom stereocenters. The molecule has 30 heavy (non-hydrogen) atoms. The van der Waals surface area contributed by atoms with Crippen molar-refractivity contribution >= 4 is 28.2 Å². The number of nitrogens with zero attached hydrogens (tertiary/aromatic N) is 2. The maximum absolute atomic E-state index is 12.3. The SMILES string of the molecule is O=C(O)c1ccccc1-c1nccn1[C@@H]1CS(=O)(=O)C[C@H]1NC(=O)C1CC1.O=CO. The molecule has 1 saturated carbocycles. The fourth-order valence-corrected chi connectivity index (χ4v) is 5.44. The smallest absolute Gasteiger partial charge is 0.336 e. The molecule has 2 heterocycles. The van der Waals surface area contributed by atoms with Gasteiger partial charge in [-0.15, -0.1) is 0 Å². The van der Waals surface area contributed by atoms with Crippen LogP contribution in [0.25, 0.3) is 11.4 Å². The van der Waals surface area contributed by atoms with Gasteiger partial charge >= 0.3 is 5.97 Å². The monoisotopic (exact) mass is 435 g/mol. The summed E-state index contributed by atoms with van der Waals surface area (Å²) in [6.45, 7) is -0.250. The van der Waals surface area contributed by atoms with Gasteiger partial charge in [0, 0.05) is 23.9 Å². The van der Waals surface area contributed by atoms with Crippen LogP contribution >= 0.6 is 0 Å². The van der Waals surface area contributed by atoms with E-state index >= 15 is 0 Å². The summed E-state index contributed by atoms with van der Waals surface area (Å²) >= 11 is 0. The zero-order chi connectivity index (χ0) is 21.9. The average molecular weight is 435 g/mol. The highest BCUT2D eigenvalue weighted by Crippen LogP contribution is 2.33. The van der Waals surface area contributed by atoms with Crippen molar-refractivity contribution in [1.29, 1.82) is 0 Å². The zero-order valence-corrected chi connectivity index (χ0v) is 16.7. The second-order valence-corrected chi connectivity index (χ2v) is 9.30. The van der Waals surface area contributed by atoms with Crippen molar-refractivity contribution in [1.82, 2.24) is 14.9 Å². The quantitative estimate of drug-likeness (QED) is 0.583. The molecular weight excluding hydrogens is 414 g/mol. The van der Waals surface area contributed by atoms with Gasteiger partial charge in [0.05, 0.1) is 29.2 Å². The number of hydrogen-bond acceptors (Lipinski definition) is 6. The van der Waals surface area contributed by atoms with Crippen LogP contribution in [0.3, 0.4) is 0 Å². The molecule has 1 aliphatic heterocycles. The maximum atomic E-state index is 12.3. The van der Waals surface area contributed by atoms with Crippen LogP contribution in [0.2, 0.25) is 0 Å². The summed E-state index contributed by atoms with van der Waals surface area (Å²) in [4.78, 5) is 36.4. The predicted molar refractivity (Wildman–Crippen MR) is 106 cm³/mol. The van der Waals surface area contributed by atoms with E-state index in [0.717, 1.165) is 12.8 Å². The van der Waals surface area contributed by atoms with Gasteiger partial charge in [-0.3, -0.25) is 9.59 Å². The summed E-state index contributed by atoms with van der Waals surface area (Å²) < 4.78 is 26.2. The lowest BCUT2D eigenvalue weighted by molar-refractivity contribution is -0.123. The Kier molecular flexibility index (Phi) is 6.20. The number of imidazole rings is 1. The molecule has 0 unspecified atom stereocenters. The molecule has 2 fully saturated rings. The molecular formula is C19H21N3O7S. The van der Waals surface area contributed by atoms with Gasteiger partial charge < -0.3 is 20.1 Å². The molecule has 1 saturated heterocycles. The molecule has 2 aliphatic rings. The number of nitrogens with one attached hydrogen (secondary N) is 1. The van der Waals surface area contributed by atoms with E-state index in [1.165, 1.54) is 12.3 Å². The number of aromatic nitrogens is 2. The van der Waals surface area contributed by atoms with Crippen molar-refractivity contribution in [3.05, 3.63) is 42.2 Å². The van der Waals surface area contributed by atoms with Gasteiger partial charge in [0.15, 0.2) is 9.84 Å². The van der Waals surface area contributed by atoms with Crippen LogP contribution in [0.4, 0.5) is 0 Å². The number of hydrogen-bond donors (Lipinski definition) is 3. The van der Waals surface area contributed by atoms with Crippen LogP contribution in [0.5, 0.6) is 0 Å². The van der Waals surface area contributed by atoms with Crippen LogP contribution in [0.1, 0.15) is 29.2 Å². The number of rotatable bonds is 5. The van der Waals surface area contributed by atoms with E-state index in [-0.39, 0.29) is 35.4 Å². The number of carboxylic acid groups (broad SMARTS) is 2. The molecule has 1 aromatic carbocycles. The minimum absolute atomic E-state index is 0.0241. The number of amides is 1. The molecule has 0 spiro atoms. The van der Waals surface area contributed by atoms with Crippen molar-refractivity contribution in [3.63, 3.8) is 0 Å². The summed E-state index contributed by atoms with van der Waals surface area (Å²) in [7, 11) is -3.33. The number of carbonyl (C=O) groups excluding carboxylic acids is 1. The van der Waals surface area contributed by atoms with Crippen LogP contribution in [0, 0.1) is 5.92 Å². The van der Waals surface area contributed by atoms with Gasteiger partial charge in [-0.25, -0.2) is 18.2 Å². The second-order valence-electron chi connectivity index (χ2n) is 7.15. The lowest BCUT2D eigenvalue weighted by Crippen LogP contribution is -2.41. The van der Waals surface area contributed by atoms with Crippen LogP contribution in [0.15, 0.2) is 36.7 Å². The Morgan fingerprint density at radius 2 is 1.87 bits per heavy atom. The van der Waals surface area contributed by atoms with Crippen LogP contribution in [-0.4, -0.2) is 64.1 Å². The molecule has 3 N–H and O–H groups in total. The highest BCUT2D eigenvalue weighted by Gasteiger charge is 2.42. The third-order valence-corrected chi connectivity index (χ3v) is 6.74. The lowest BCUT2D eigenvalue weighted by Gasteiger charge is -2.23. The third kappa shape index (κ3) is 4.67. The highest BCUT2D eigenvalue weighted by molar-refractivity contribution is 7.91. The zero-order valence-electron chi connectivity index (χ0n) is 15.8. The molecule has 1 aliphatic carbocycles. The van der Waals surface area contributed by atoms with Crippen LogP contribution in [-0.2, 0) is 19.4 Å². The number of benzene rings is 1. The normalized spacial score (nSPS) is 21.9. The maximum Gasteiger partial charge on any atom is 0.336 e. The summed E-state index contributed by atoms with van der Waals surface area (Å²) in [5, 5.41) is 19.2. The first-order chi connectivity index (χ1) is 14.3. The van der Waals surface area contributed by atoms with E-state index < -0.39 is 27.9 Å². The van der Waals surface area contributed by atoms with E-state index in [4.69, 9.17) is 9.90 Å². The first-order valence-electron chi connectivity index (χ1n) is 9.21. The minimum Gasteiger partial charge on any atom is -0.483 e. The minimum atomic E-state index is -3.33. The van der Waals surface area contributed by atoms with Gasteiger partial charge in [0.1, 0.15) is 5.82 Å². The summed E-state index contributed by atoms with van der Waals surface area (Å²) in [5.41, 5.74) is 0.496. The Morgan fingerprint density at radius 3 is 2.50 bits per heavy atom. The molecule has 1 aromatic heterocycles. The van der Waals surface area contributed by atoms with E-state index in [9.17, 15) is 23.1 Å². The fourth-order valence-electron chi connectivity index (χ4n) is 3.54. The standard InChI is InChI=1S/C18H19N3O5S.CH2O2/c22-17(11-5-6-11)20-14-9-27(25,26)10-15(14)21-8-7-19-16(21)12-3-1-2-4-13(12)18(23)24;2-1-3/h1-4,7-8,11,14-15H,5-6,9-10H2,(H,20,22)(H,23,24);1H,(H,2,3)/t14-,15-;/m1./s1. The molecule has 2 aromatic rings. The Labute approximate surface area is 172 Å². The first kappa shape index (κ1) is 21.5. The van der Waals surface area contributed by atoms with Crippen molar-refractivity contribution in [2.24, 2.45) is 5.92 Å². The van der Waals surface area contributed by atoms with Gasteiger partial charge in [-0.05, 0) is 18.9 Å². The van der Waals surface area contributed by atoms with Gasteiger partial charge in [-0.1, -0.05) is 18.2 Å². The molecule has 11 heteroatoms. The van der Waals surface area contributed by atoms with Crippen molar-refractivity contribution in [3.8, 4) is 11.4 Å². The van der Waals surface area contributed by atoms with E-state index in [1.807, 2.05) is 0 Å². The Balaban J connectivity index is 0.000000806. The van der Waals surface area contributed by atoms with E-state index in [1.54, 1.807) is 29.0 Å². The molecule has 1 amide bonds. The van der Waals surface area contributed by atoms with Crippen molar-refractivity contribution in [2.45, 2.75) is 24.9 Å². The summed E-state index contributed by atoms with van der Waals surface area (Å²) in [6, 6.07) is 5.36. The second kappa shape index (κ2) is 8.66. The summed E-state index contributed by atoms with van der Waals surface area (Å²) in [6.07, 6.45) is 4.81. The fraction of sp³-hybridized carbons (Fsp3) is 0.368. The third-order valence-electron chi connectivity index (χ3n) is 5.02. The molecule has 4 rings (SSSR count). The van der Waals surface area contributed by atoms with Gasteiger partial charge in [-0.2, -0.15) is 0 Å². The predicted octanol–water partition coefficient (Wildman–Crippen LogP) is 0.813. The number of carbonyl (C=O) groups is 3. The van der Waals surface area contributed by atoms with Gasteiger partial charge in [0.2, 0.25) is 5.91 Å². The van der Waals surface area contributed by atoms with E-state index in [2.05, 4.69) is 10.3 Å². The van der Waals surface area contributed by atoms with Crippen molar-refractivity contribution < 1.29 is 33.0 Å². The van der Waals surface area contributed by atoms with E-state index in [0.29, 0.717) is 11.4 Å². The van der Waals surface area contributed by atoms with Crippen LogP contribution < -0.4 is 5.32 Å². The molecule has 0 bridgehead atoms. The van der Waals surface area contributed by atoms with Crippen molar-refractivity contribution in [2.75, 3.05) is 11.5 Å². The Hall–Kier alpha value is -3.21. The largest absolute Gasteiger partial charge is 0.483 e. The Bertz CT molecular complexity index is 1060. The topological polar surface area (TPSA) is 156 Å². The Morgan fingerprint density at radius 1 is 1.20 bits per heavy atom. The average Bonchev–Trinajstić information content (AvgIpc) is 3.35. The van der Waals surface area contributed by atoms with Gasteiger partial charge in [0.25, 0.3) is 6.47 Å². The summed E-state index contributed by atoms with van der Waals surface area (Å²) in [5.74, 6) is -1.10. The first-order valence-corrected chi connectivity index (χ1v) is 11.0. The number of carboxylic acids is 1. The molecule has 0 radical (unpaired) electrons. The molecule has 10 nitrogen and oxygen atoms in total. The lowest BCUT2D eigenvalue weighted by atomic mass is 10.1.